The van der Waals surface area contributed by atoms with Gasteiger partial charge in [-0.05, 0) is 37.1 Å². The first-order valence-electron chi connectivity index (χ1n) is 5.67. The van der Waals surface area contributed by atoms with Crippen LogP contribution >= 0.6 is 0 Å². The maximum absolute atomic E-state index is 11.2. The van der Waals surface area contributed by atoms with Crippen molar-refractivity contribution >= 4 is 23.4 Å². The predicted octanol–water partition coefficient (Wildman–Crippen LogP) is 3.28. The summed E-state index contributed by atoms with van der Waals surface area (Å²) in [6, 6.07) is 3.69. The van der Waals surface area contributed by atoms with Gasteiger partial charge in [-0.1, -0.05) is 6.07 Å². The molecule has 1 rings (SSSR count). The number of rotatable bonds is 5. The predicted molar refractivity (Wildman–Crippen MR) is 71.2 cm³/mol. The molecule has 2 N–H and O–H groups in total. The molecule has 0 heterocycles. The second-order valence-electron chi connectivity index (χ2n) is 3.62. The van der Waals surface area contributed by atoms with Gasteiger partial charge in [0, 0.05) is 13.1 Å². The Hall–Kier alpha value is -2.17. The second-order valence-corrected chi connectivity index (χ2v) is 3.62. The number of hydrogen-bond acceptors (Lipinski definition) is 5. The maximum atomic E-state index is 11.2. The largest absolute Gasteiger partial charge is 0.463 e. The number of hydrogen-bond donors (Lipinski definition) is 2. The lowest BCUT2D eigenvalue weighted by molar-refractivity contribution is -0.137. The highest BCUT2D eigenvalue weighted by molar-refractivity contribution is 5.88. The van der Waals surface area contributed by atoms with Crippen LogP contribution in [-0.2, 0) is 9.53 Å². The molecule has 0 aliphatic rings. The minimum atomic E-state index is -0.376. The van der Waals surface area contributed by atoms with Crippen LogP contribution in [0.25, 0.3) is 6.08 Å². The molecular weight excluding hydrogens is 230 g/mol. The molecule has 1 aromatic rings. The molecule has 0 aliphatic heterocycles. The van der Waals surface area contributed by atoms with E-state index in [0.717, 1.165) is 16.8 Å². The van der Waals surface area contributed by atoms with Crippen molar-refractivity contribution in [2.75, 3.05) is 19.0 Å². The smallest absolute Gasteiger partial charge is 0.330 e. The topological polar surface area (TPSA) is 74.5 Å². The fraction of sp³-hybridized carbons (Fsp3) is 0.308. The van der Waals surface area contributed by atoms with E-state index in [9.17, 15) is 4.79 Å². The standard InChI is InChI=1S/C13H17N3O2/c1-4-18-12(17)8-6-10-5-7-11(15-3)13(16-14)9(10)2/h5-8,14-15H,4H2,1-3H3. The monoisotopic (exact) mass is 247 g/mol. The van der Waals surface area contributed by atoms with Crippen molar-refractivity contribution in [1.82, 2.24) is 0 Å². The maximum Gasteiger partial charge on any atom is 0.330 e. The van der Waals surface area contributed by atoms with Crippen LogP contribution in [0.2, 0.25) is 0 Å². The minimum absolute atomic E-state index is 0.355. The van der Waals surface area contributed by atoms with Crippen LogP contribution < -0.4 is 5.32 Å². The first kappa shape index (κ1) is 13.9. The van der Waals surface area contributed by atoms with Gasteiger partial charge in [-0.2, -0.15) is 5.11 Å². The van der Waals surface area contributed by atoms with Crippen LogP contribution in [0.4, 0.5) is 11.4 Å². The number of ether oxygens (including phenoxy) is 1. The van der Waals surface area contributed by atoms with Gasteiger partial charge in [0.15, 0.2) is 0 Å². The number of nitrogens with zero attached hydrogens (tertiary/aromatic N) is 1. The highest BCUT2D eigenvalue weighted by Crippen LogP contribution is 2.31. The SMILES string of the molecule is CCOC(=O)C=Cc1ccc(NC)c(N=N)c1C. The Bertz CT molecular complexity index is 481. The Morgan fingerprint density at radius 3 is 2.83 bits per heavy atom. The molecule has 5 nitrogen and oxygen atoms in total. The molecule has 5 heteroatoms. The summed E-state index contributed by atoms with van der Waals surface area (Å²) in [5, 5.41) is 6.47. The third-order valence-electron chi connectivity index (χ3n) is 2.54. The summed E-state index contributed by atoms with van der Waals surface area (Å²) in [6.45, 7) is 3.98. The second kappa shape index (κ2) is 6.54. The number of nitrogens with one attached hydrogen (secondary N) is 2. The van der Waals surface area contributed by atoms with E-state index in [4.69, 9.17) is 10.3 Å². The molecular formula is C13H17N3O2. The number of benzene rings is 1. The number of carbonyl (C=O) groups is 1. The highest BCUT2D eigenvalue weighted by Gasteiger charge is 2.07. The van der Waals surface area contributed by atoms with Crippen LogP contribution in [-0.4, -0.2) is 19.6 Å². The van der Waals surface area contributed by atoms with Gasteiger partial charge in [0.1, 0.15) is 5.69 Å². The number of carbonyl (C=O) groups excluding carboxylic acids is 1. The van der Waals surface area contributed by atoms with Crippen LogP contribution in [0, 0.1) is 12.5 Å². The van der Waals surface area contributed by atoms with Gasteiger partial charge in [0.2, 0.25) is 0 Å². The zero-order chi connectivity index (χ0) is 13.5. The summed E-state index contributed by atoms with van der Waals surface area (Å²) in [6.07, 6.45) is 3.04. The summed E-state index contributed by atoms with van der Waals surface area (Å²) >= 11 is 0. The molecule has 0 unspecified atom stereocenters. The molecule has 0 bridgehead atoms. The van der Waals surface area contributed by atoms with Crippen LogP contribution in [0.3, 0.4) is 0 Å². The first-order valence-corrected chi connectivity index (χ1v) is 5.67. The molecule has 0 radical (unpaired) electrons. The highest BCUT2D eigenvalue weighted by atomic mass is 16.5. The van der Waals surface area contributed by atoms with Gasteiger partial charge in [-0.3, -0.25) is 0 Å². The summed E-state index contributed by atoms with van der Waals surface area (Å²) < 4.78 is 4.81. The van der Waals surface area contributed by atoms with E-state index in [2.05, 4.69) is 10.4 Å². The van der Waals surface area contributed by atoms with Gasteiger partial charge < -0.3 is 10.1 Å². The molecule has 1 aromatic carbocycles. The lowest BCUT2D eigenvalue weighted by Gasteiger charge is -2.09. The number of esters is 1. The van der Waals surface area contributed by atoms with E-state index < -0.39 is 0 Å². The van der Waals surface area contributed by atoms with E-state index in [-0.39, 0.29) is 5.97 Å². The van der Waals surface area contributed by atoms with E-state index in [1.165, 1.54) is 6.08 Å². The normalized spacial score (nSPS) is 10.4. The molecule has 0 atom stereocenters. The molecule has 0 fully saturated rings. The summed E-state index contributed by atoms with van der Waals surface area (Å²) in [5.74, 6) is -0.376. The molecule has 0 aromatic heterocycles. The van der Waals surface area contributed by atoms with Gasteiger partial charge >= 0.3 is 5.97 Å². The molecule has 0 spiro atoms. The van der Waals surface area contributed by atoms with Crippen molar-refractivity contribution in [3.05, 3.63) is 29.3 Å². The Morgan fingerprint density at radius 1 is 1.56 bits per heavy atom. The van der Waals surface area contributed by atoms with Gasteiger partial charge in [-0.15, -0.1) is 0 Å². The Kier molecular flexibility index (Phi) is 5.05. The summed E-state index contributed by atoms with van der Waals surface area (Å²) in [4.78, 5) is 11.2. The van der Waals surface area contributed by atoms with Crippen LogP contribution in [0.15, 0.2) is 23.3 Å². The van der Waals surface area contributed by atoms with Crippen LogP contribution in [0.1, 0.15) is 18.1 Å². The third-order valence-corrected chi connectivity index (χ3v) is 2.54. The van der Waals surface area contributed by atoms with Gasteiger partial charge in [0.25, 0.3) is 0 Å². The number of anilines is 1. The van der Waals surface area contributed by atoms with Crippen molar-refractivity contribution < 1.29 is 9.53 Å². The first-order chi connectivity index (χ1) is 8.63. The van der Waals surface area contributed by atoms with E-state index >= 15 is 0 Å². The fourth-order valence-electron chi connectivity index (χ4n) is 1.59. The summed E-state index contributed by atoms with van der Waals surface area (Å²) in [5.41, 5.74) is 10.2. The van der Waals surface area contributed by atoms with Crippen molar-refractivity contribution in [1.29, 1.82) is 5.53 Å². The summed E-state index contributed by atoms with van der Waals surface area (Å²) in [7, 11) is 1.78. The molecule has 0 aliphatic carbocycles. The molecule has 18 heavy (non-hydrogen) atoms. The average molecular weight is 247 g/mol. The molecule has 0 saturated carbocycles. The van der Waals surface area contributed by atoms with Crippen molar-refractivity contribution in [3.63, 3.8) is 0 Å². The zero-order valence-electron chi connectivity index (χ0n) is 10.8. The Morgan fingerprint density at radius 2 is 2.28 bits per heavy atom. The lowest BCUT2D eigenvalue weighted by atomic mass is 10.0. The van der Waals surface area contributed by atoms with Crippen molar-refractivity contribution in [2.24, 2.45) is 5.11 Å². The van der Waals surface area contributed by atoms with Crippen molar-refractivity contribution in [2.45, 2.75) is 13.8 Å². The molecule has 0 amide bonds. The van der Waals surface area contributed by atoms with E-state index in [1.807, 2.05) is 19.1 Å². The average Bonchev–Trinajstić information content (AvgIpc) is 2.37. The molecule has 0 saturated heterocycles. The Labute approximate surface area is 106 Å². The minimum Gasteiger partial charge on any atom is -0.463 e. The van der Waals surface area contributed by atoms with Crippen LogP contribution in [0.5, 0.6) is 0 Å². The molecule has 96 valence electrons. The quantitative estimate of drug-likeness (QED) is 0.476. The zero-order valence-corrected chi connectivity index (χ0v) is 10.8. The van der Waals surface area contributed by atoms with Gasteiger partial charge in [0.05, 0.1) is 12.3 Å². The van der Waals surface area contributed by atoms with E-state index in [1.54, 1.807) is 20.0 Å². The fourth-order valence-corrected chi connectivity index (χ4v) is 1.59. The van der Waals surface area contributed by atoms with Gasteiger partial charge in [-0.25, -0.2) is 10.3 Å². The third kappa shape index (κ3) is 3.16. The van der Waals surface area contributed by atoms with Crippen molar-refractivity contribution in [3.8, 4) is 0 Å². The Balaban J connectivity index is 3.04. The van der Waals surface area contributed by atoms with E-state index in [0.29, 0.717) is 12.3 Å². The lowest BCUT2D eigenvalue weighted by Crippen LogP contribution is -1.99.